The zero-order chi connectivity index (χ0) is 21.9. The smallest absolute Gasteiger partial charge is 0.241 e. The van der Waals surface area contributed by atoms with Crippen molar-refractivity contribution in [2.75, 3.05) is 17.2 Å². The van der Waals surface area contributed by atoms with Crippen LogP contribution in [0.3, 0.4) is 0 Å². The maximum Gasteiger partial charge on any atom is 0.241 e. The Balaban J connectivity index is 1.25. The van der Waals surface area contributed by atoms with Crippen LogP contribution in [0.15, 0.2) is 53.8 Å². The van der Waals surface area contributed by atoms with Crippen LogP contribution in [0.2, 0.25) is 0 Å². The number of fused-ring (bicyclic) bond motifs is 1. The number of carbonyl (C=O) groups excluding carboxylic acids is 1. The van der Waals surface area contributed by atoms with Crippen molar-refractivity contribution in [3.8, 4) is 0 Å². The first-order valence-electron chi connectivity index (χ1n) is 10.8. The fourth-order valence-electron chi connectivity index (χ4n) is 3.86. The van der Waals surface area contributed by atoms with Crippen molar-refractivity contribution in [1.82, 2.24) is 29.4 Å². The predicted molar refractivity (Wildman–Crippen MR) is 126 cm³/mol. The zero-order valence-electron chi connectivity index (χ0n) is 17.8. The van der Waals surface area contributed by atoms with Gasteiger partial charge in [-0.1, -0.05) is 6.42 Å². The van der Waals surface area contributed by atoms with Gasteiger partial charge in [-0.25, -0.2) is 4.98 Å². The number of aryl methyl sites for hydroxylation is 1. The molecule has 3 aromatic rings. The monoisotopic (exact) mass is 450 g/mol. The van der Waals surface area contributed by atoms with E-state index in [1.54, 1.807) is 18.1 Å². The van der Waals surface area contributed by atoms with E-state index in [1.807, 2.05) is 54.2 Å². The summed E-state index contributed by atoms with van der Waals surface area (Å²) in [5.74, 6) is 2.62. The van der Waals surface area contributed by atoms with Crippen LogP contribution < -0.4 is 16.0 Å². The van der Waals surface area contributed by atoms with Crippen LogP contribution in [0.1, 0.15) is 30.8 Å². The van der Waals surface area contributed by atoms with E-state index in [9.17, 15) is 4.79 Å². The van der Waals surface area contributed by atoms with E-state index in [2.05, 4.69) is 35.4 Å². The van der Waals surface area contributed by atoms with Crippen molar-refractivity contribution in [2.24, 2.45) is 0 Å². The van der Waals surface area contributed by atoms with E-state index in [0.717, 1.165) is 59.5 Å². The van der Waals surface area contributed by atoms with Gasteiger partial charge >= 0.3 is 0 Å². The van der Waals surface area contributed by atoms with Gasteiger partial charge in [-0.15, -0.1) is 0 Å². The summed E-state index contributed by atoms with van der Waals surface area (Å²) >= 11 is 1.62. The van der Waals surface area contributed by atoms with Crippen LogP contribution in [0.4, 0.5) is 11.5 Å². The van der Waals surface area contributed by atoms with Gasteiger partial charge in [0.1, 0.15) is 11.6 Å². The van der Waals surface area contributed by atoms with Crippen LogP contribution in [-0.2, 0) is 11.3 Å². The molecule has 166 valence electrons. The van der Waals surface area contributed by atoms with Gasteiger partial charge in [-0.2, -0.15) is 5.10 Å². The third-order valence-electron chi connectivity index (χ3n) is 5.47. The number of carbonyl (C=O) groups is 1. The Morgan fingerprint density at radius 3 is 2.88 bits per heavy atom. The number of piperidine rings is 1. The molecule has 10 heteroatoms. The summed E-state index contributed by atoms with van der Waals surface area (Å²) in [5, 5.41) is 16.9. The Hall–Kier alpha value is -3.24. The standard InChI is InChI=1S/C22H26N8OS/c1-15-12-19(28-27-15)26-21-14-29(13-20-24-10-11-30(20)21)32-17-7-5-16(6-8-17)25-22(31)18-4-2-3-9-23-18/h5-8,10-12,14,18,23H,2-4,9,13H2,1H3,(H,25,31)(H2,26,27,28). The molecule has 0 spiro atoms. The number of imidazole rings is 1. The normalized spacial score (nSPS) is 18.1. The van der Waals surface area contributed by atoms with Crippen molar-refractivity contribution in [1.29, 1.82) is 0 Å². The molecule has 1 amide bonds. The second kappa shape index (κ2) is 9.09. The fourth-order valence-corrected chi connectivity index (χ4v) is 4.72. The molecule has 32 heavy (non-hydrogen) atoms. The zero-order valence-corrected chi connectivity index (χ0v) is 18.7. The van der Waals surface area contributed by atoms with Crippen LogP contribution in [0.5, 0.6) is 0 Å². The van der Waals surface area contributed by atoms with Gasteiger partial charge in [-0.05, 0) is 62.5 Å². The van der Waals surface area contributed by atoms with Crippen molar-refractivity contribution in [3.63, 3.8) is 0 Å². The van der Waals surface area contributed by atoms with Gasteiger partial charge in [0.05, 0.1) is 18.8 Å². The highest BCUT2D eigenvalue weighted by molar-refractivity contribution is 7.97. The summed E-state index contributed by atoms with van der Waals surface area (Å²) < 4.78 is 4.16. The highest BCUT2D eigenvalue weighted by Crippen LogP contribution is 2.30. The maximum absolute atomic E-state index is 12.4. The first-order chi connectivity index (χ1) is 15.6. The number of aromatic amines is 1. The minimum absolute atomic E-state index is 0.0419. The molecule has 0 aliphatic carbocycles. The molecule has 2 aliphatic rings. The number of amides is 1. The molecule has 9 nitrogen and oxygen atoms in total. The number of anilines is 2. The Morgan fingerprint density at radius 2 is 2.12 bits per heavy atom. The quantitative estimate of drug-likeness (QED) is 0.427. The van der Waals surface area contributed by atoms with Crippen LogP contribution >= 0.6 is 11.9 Å². The highest BCUT2D eigenvalue weighted by Gasteiger charge is 2.21. The largest absolute Gasteiger partial charge is 0.325 e. The minimum Gasteiger partial charge on any atom is -0.325 e. The number of hydrogen-bond acceptors (Lipinski definition) is 7. The second-order valence-electron chi connectivity index (χ2n) is 7.97. The van der Waals surface area contributed by atoms with Crippen molar-refractivity contribution >= 4 is 35.2 Å². The number of nitrogens with zero attached hydrogens (tertiary/aromatic N) is 4. The fraction of sp³-hybridized carbons (Fsp3) is 0.318. The van der Waals surface area contributed by atoms with E-state index in [1.165, 1.54) is 0 Å². The summed E-state index contributed by atoms with van der Waals surface area (Å²) in [4.78, 5) is 18.0. The summed E-state index contributed by atoms with van der Waals surface area (Å²) in [5.41, 5.74) is 1.81. The molecule has 1 aromatic carbocycles. The predicted octanol–water partition coefficient (Wildman–Crippen LogP) is 3.39. The lowest BCUT2D eigenvalue weighted by Crippen LogP contribution is -2.43. The van der Waals surface area contributed by atoms with Gasteiger partial charge in [0, 0.05) is 34.7 Å². The van der Waals surface area contributed by atoms with E-state index >= 15 is 0 Å². The third kappa shape index (κ3) is 4.66. The Morgan fingerprint density at radius 1 is 1.25 bits per heavy atom. The number of H-pyrrole nitrogens is 1. The van der Waals surface area contributed by atoms with Gasteiger partial charge in [-0.3, -0.25) is 14.5 Å². The number of hydrogen-bond donors (Lipinski definition) is 4. The van der Waals surface area contributed by atoms with E-state index in [0.29, 0.717) is 6.54 Å². The average Bonchev–Trinajstić information content (AvgIpc) is 3.44. The highest BCUT2D eigenvalue weighted by atomic mass is 32.2. The lowest BCUT2D eigenvalue weighted by Gasteiger charge is -2.26. The summed E-state index contributed by atoms with van der Waals surface area (Å²) in [6.07, 6.45) is 8.92. The summed E-state index contributed by atoms with van der Waals surface area (Å²) in [6, 6.07) is 9.80. The molecule has 2 aliphatic heterocycles. The number of nitrogens with one attached hydrogen (secondary N) is 4. The Bertz CT molecular complexity index is 1110. The molecular weight excluding hydrogens is 424 g/mol. The molecule has 5 rings (SSSR count). The molecule has 1 unspecified atom stereocenters. The third-order valence-corrected chi connectivity index (χ3v) is 6.43. The molecule has 4 N–H and O–H groups in total. The number of benzene rings is 1. The molecule has 1 saturated heterocycles. The lowest BCUT2D eigenvalue weighted by molar-refractivity contribution is -0.118. The van der Waals surface area contributed by atoms with E-state index < -0.39 is 0 Å². The van der Waals surface area contributed by atoms with Gasteiger partial charge in [0.25, 0.3) is 0 Å². The molecule has 0 bridgehead atoms. The number of aromatic nitrogens is 4. The maximum atomic E-state index is 12.4. The average molecular weight is 451 g/mol. The first-order valence-corrected chi connectivity index (χ1v) is 11.5. The SMILES string of the molecule is Cc1cc(NC2=CN(Sc3ccc(NC(=O)C4CCCCN4)cc3)Cc3nccn32)n[nH]1. The summed E-state index contributed by atoms with van der Waals surface area (Å²) in [7, 11) is 0. The van der Waals surface area contributed by atoms with Crippen molar-refractivity contribution in [2.45, 2.75) is 43.7 Å². The van der Waals surface area contributed by atoms with Gasteiger partial charge in [0.15, 0.2) is 5.82 Å². The first kappa shape index (κ1) is 20.7. The molecule has 1 fully saturated rings. The Kier molecular flexibility index (Phi) is 5.87. The van der Waals surface area contributed by atoms with Gasteiger partial charge < -0.3 is 20.3 Å². The molecular formula is C22H26N8OS. The molecule has 0 saturated carbocycles. The van der Waals surface area contributed by atoms with E-state index in [-0.39, 0.29) is 11.9 Å². The van der Waals surface area contributed by atoms with Crippen LogP contribution in [0, 0.1) is 6.92 Å². The lowest BCUT2D eigenvalue weighted by atomic mass is 10.0. The minimum atomic E-state index is -0.0933. The molecule has 1 atom stereocenters. The molecule has 0 radical (unpaired) electrons. The van der Waals surface area contributed by atoms with Gasteiger partial charge in [0.2, 0.25) is 5.91 Å². The van der Waals surface area contributed by atoms with Crippen LogP contribution in [0.25, 0.3) is 5.82 Å². The van der Waals surface area contributed by atoms with E-state index in [4.69, 9.17) is 0 Å². The number of rotatable bonds is 6. The molecule has 4 heterocycles. The summed E-state index contributed by atoms with van der Waals surface area (Å²) in [6.45, 7) is 3.55. The topological polar surface area (TPSA) is 103 Å². The van der Waals surface area contributed by atoms with Crippen molar-refractivity contribution < 1.29 is 4.79 Å². The van der Waals surface area contributed by atoms with Crippen molar-refractivity contribution in [3.05, 3.63) is 60.4 Å². The second-order valence-corrected chi connectivity index (χ2v) is 9.09. The van der Waals surface area contributed by atoms with Crippen LogP contribution in [-0.4, -0.2) is 42.5 Å². The molecule has 2 aromatic heterocycles. The Labute approximate surface area is 190 Å².